The number of rotatable bonds is 6. The van der Waals surface area contributed by atoms with Crippen LogP contribution in [0.3, 0.4) is 0 Å². The number of thiocarbonyl (C=S) groups is 1. The summed E-state index contributed by atoms with van der Waals surface area (Å²) in [5.74, 6) is 0.811. The molecule has 2 rings (SSSR count). The van der Waals surface area contributed by atoms with Crippen LogP contribution in [0.1, 0.15) is 11.6 Å². The summed E-state index contributed by atoms with van der Waals surface area (Å²) < 4.78 is 5.15. The van der Waals surface area contributed by atoms with E-state index < -0.39 is 0 Å². The van der Waals surface area contributed by atoms with Crippen molar-refractivity contribution in [2.45, 2.75) is 6.04 Å². The summed E-state index contributed by atoms with van der Waals surface area (Å²) in [5.41, 5.74) is 1.98. The number of methoxy groups -OCH3 is 1. The predicted molar refractivity (Wildman–Crippen MR) is 105 cm³/mol. The molecule has 2 N–H and O–H groups in total. The van der Waals surface area contributed by atoms with Crippen LogP contribution in [0.4, 0.5) is 5.69 Å². The lowest BCUT2D eigenvalue weighted by molar-refractivity contribution is 0.299. The quantitative estimate of drug-likeness (QED) is 0.760. The maximum absolute atomic E-state index is 6.32. The molecule has 0 fully saturated rings. The monoisotopic (exact) mass is 363 g/mol. The van der Waals surface area contributed by atoms with E-state index in [4.69, 9.17) is 28.6 Å². The number of likely N-dealkylation sites (N-methyl/N-ethyl adjacent to an activating group) is 1. The minimum absolute atomic E-state index is 0.120. The summed E-state index contributed by atoms with van der Waals surface area (Å²) in [7, 11) is 5.69. The summed E-state index contributed by atoms with van der Waals surface area (Å²) in [6.07, 6.45) is 0. The molecule has 0 aromatic heterocycles. The molecule has 0 heterocycles. The van der Waals surface area contributed by atoms with Crippen LogP contribution in [0.15, 0.2) is 48.5 Å². The van der Waals surface area contributed by atoms with E-state index in [1.165, 1.54) is 0 Å². The molecule has 0 aliphatic heterocycles. The van der Waals surface area contributed by atoms with Crippen LogP contribution in [-0.2, 0) is 0 Å². The fraction of sp³-hybridized carbons (Fsp3) is 0.278. The fourth-order valence-corrected chi connectivity index (χ4v) is 2.82. The summed E-state index contributed by atoms with van der Waals surface area (Å²) in [6, 6.07) is 15.6. The molecule has 2 aromatic carbocycles. The van der Waals surface area contributed by atoms with E-state index in [9.17, 15) is 0 Å². The van der Waals surface area contributed by atoms with Crippen molar-refractivity contribution in [3.63, 3.8) is 0 Å². The molecule has 1 atom stereocenters. The van der Waals surface area contributed by atoms with Crippen molar-refractivity contribution in [2.75, 3.05) is 33.1 Å². The van der Waals surface area contributed by atoms with Crippen LogP contribution in [0.25, 0.3) is 0 Å². The highest BCUT2D eigenvalue weighted by molar-refractivity contribution is 7.80. The van der Waals surface area contributed by atoms with Gasteiger partial charge in [-0.1, -0.05) is 29.8 Å². The molecule has 128 valence electrons. The first-order valence-corrected chi connectivity index (χ1v) is 8.39. The summed E-state index contributed by atoms with van der Waals surface area (Å²) in [4.78, 5) is 2.12. The van der Waals surface area contributed by atoms with Gasteiger partial charge < -0.3 is 20.3 Å². The Bertz CT molecular complexity index is 676. The zero-order valence-electron chi connectivity index (χ0n) is 14.0. The maximum Gasteiger partial charge on any atom is 0.170 e. The Balaban J connectivity index is 1.96. The summed E-state index contributed by atoms with van der Waals surface area (Å²) >= 11 is 11.7. The first-order valence-electron chi connectivity index (χ1n) is 7.61. The van der Waals surface area contributed by atoms with Crippen molar-refractivity contribution >= 4 is 34.6 Å². The van der Waals surface area contributed by atoms with E-state index in [1.54, 1.807) is 7.11 Å². The molecule has 0 aliphatic rings. The molecular weight excluding hydrogens is 342 g/mol. The smallest absolute Gasteiger partial charge is 0.170 e. The van der Waals surface area contributed by atoms with Gasteiger partial charge in [0, 0.05) is 17.3 Å². The lowest BCUT2D eigenvalue weighted by atomic mass is 10.1. The summed E-state index contributed by atoms with van der Waals surface area (Å²) in [5, 5.41) is 7.75. The number of ether oxygens (including phenoxy) is 1. The van der Waals surface area contributed by atoms with Gasteiger partial charge in [0.25, 0.3) is 0 Å². The van der Waals surface area contributed by atoms with Gasteiger partial charge in [-0.05, 0) is 62.2 Å². The molecule has 24 heavy (non-hydrogen) atoms. The van der Waals surface area contributed by atoms with E-state index in [0.29, 0.717) is 11.7 Å². The van der Waals surface area contributed by atoms with E-state index in [2.05, 4.69) is 15.5 Å². The third kappa shape index (κ3) is 5.09. The van der Waals surface area contributed by atoms with Gasteiger partial charge in [-0.3, -0.25) is 0 Å². The average molecular weight is 364 g/mol. The first-order chi connectivity index (χ1) is 11.5. The standard InChI is InChI=1S/C18H22ClN3OS/c1-22(2)17(15-6-4-5-7-16(15)19)12-20-18(24)21-13-8-10-14(23-3)11-9-13/h4-11,17H,12H2,1-3H3,(H2,20,21,24)/t17-/m0/s1. The van der Waals surface area contributed by atoms with E-state index >= 15 is 0 Å². The van der Waals surface area contributed by atoms with Crippen LogP contribution in [0, 0.1) is 0 Å². The van der Waals surface area contributed by atoms with E-state index in [1.807, 2.05) is 62.6 Å². The lowest BCUT2D eigenvalue weighted by Crippen LogP contribution is -2.36. The lowest BCUT2D eigenvalue weighted by Gasteiger charge is -2.26. The van der Waals surface area contributed by atoms with Crippen molar-refractivity contribution < 1.29 is 4.74 Å². The third-order valence-electron chi connectivity index (χ3n) is 3.69. The highest BCUT2D eigenvalue weighted by Crippen LogP contribution is 2.25. The highest BCUT2D eigenvalue weighted by Gasteiger charge is 2.17. The molecule has 0 bridgehead atoms. The number of nitrogens with one attached hydrogen (secondary N) is 2. The Labute approximate surface area is 153 Å². The molecular formula is C18H22ClN3OS. The minimum atomic E-state index is 0.120. The van der Waals surface area contributed by atoms with E-state index in [0.717, 1.165) is 22.0 Å². The second kappa shape index (κ2) is 8.87. The SMILES string of the molecule is COc1ccc(NC(=S)NC[C@@H](c2ccccc2Cl)N(C)C)cc1. The van der Waals surface area contributed by atoms with Gasteiger partial charge in [0.15, 0.2) is 5.11 Å². The molecule has 2 aromatic rings. The van der Waals surface area contributed by atoms with Gasteiger partial charge in [0.05, 0.1) is 13.2 Å². The Morgan fingerprint density at radius 1 is 1.17 bits per heavy atom. The molecule has 0 spiro atoms. The zero-order chi connectivity index (χ0) is 17.5. The molecule has 4 nitrogen and oxygen atoms in total. The number of hydrogen-bond acceptors (Lipinski definition) is 3. The number of nitrogens with zero attached hydrogens (tertiary/aromatic N) is 1. The van der Waals surface area contributed by atoms with Crippen LogP contribution in [-0.4, -0.2) is 37.8 Å². The topological polar surface area (TPSA) is 36.5 Å². The Hall–Kier alpha value is -1.82. The van der Waals surface area contributed by atoms with Crippen LogP contribution in [0.2, 0.25) is 5.02 Å². The van der Waals surface area contributed by atoms with E-state index in [-0.39, 0.29) is 6.04 Å². The minimum Gasteiger partial charge on any atom is -0.497 e. The fourth-order valence-electron chi connectivity index (χ4n) is 2.36. The van der Waals surface area contributed by atoms with Crippen molar-refractivity contribution in [1.29, 1.82) is 0 Å². The predicted octanol–water partition coefficient (Wildman–Crippen LogP) is 3.94. The molecule has 0 saturated heterocycles. The number of anilines is 1. The third-order valence-corrected chi connectivity index (χ3v) is 4.28. The molecule has 0 saturated carbocycles. The largest absolute Gasteiger partial charge is 0.497 e. The van der Waals surface area contributed by atoms with Gasteiger partial charge in [-0.2, -0.15) is 0 Å². The molecule has 0 unspecified atom stereocenters. The zero-order valence-corrected chi connectivity index (χ0v) is 15.6. The molecule has 6 heteroatoms. The molecule has 0 amide bonds. The number of halogens is 1. The number of benzene rings is 2. The second-order valence-corrected chi connectivity index (χ2v) is 6.38. The van der Waals surface area contributed by atoms with Gasteiger partial charge in [-0.15, -0.1) is 0 Å². The van der Waals surface area contributed by atoms with Gasteiger partial charge >= 0.3 is 0 Å². The van der Waals surface area contributed by atoms with Crippen molar-refractivity contribution in [2.24, 2.45) is 0 Å². The Kier molecular flexibility index (Phi) is 6.85. The van der Waals surface area contributed by atoms with Crippen LogP contribution in [0.5, 0.6) is 5.75 Å². The Morgan fingerprint density at radius 3 is 2.42 bits per heavy atom. The van der Waals surface area contributed by atoms with Gasteiger partial charge in [-0.25, -0.2) is 0 Å². The molecule has 0 aliphatic carbocycles. The maximum atomic E-state index is 6.32. The van der Waals surface area contributed by atoms with Crippen molar-refractivity contribution in [1.82, 2.24) is 10.2 Å². The van der Waals surface area contributed by atoms with Gasteiger partial charge in [0.2, 0.25) is 0 Å². The average Bonchev–Trinajstić information content (AvgIpc) is 2.57. The second-order valence-electron chi connectivity index (χ2n) is 5.56. The molecule has 0 radical (unpaired) electrons. The van der Waals surface area contributed by atoms with Crippen LogP contribution < -0.4 is 15.4 Å². The Morgan fingerprint density at radius 2 is 1.83 bits per heavy atom. The van der Waals surface area contributed by atoms with Crippen LogP contribution >= 0.6 is 23.8 Å². The van der Waals surface area contributed by atoms with Crippen molar-refractivity contribution in [3.05, 3.63) is 59.1 Å². The first kappa shape index (κ1) is 18.5. The highest BCUT2D eigenvalue weighted by atomic mass is 35.5. The van der Waals surface area contributed by atoms with Crippen molar-refractivity contribution in [3.8, 4) is 5.75 Å². The number of hydrogen-bond donors (Lipinski definition) is 2. The van der Waals surface area contributed by atoms with Gasteiger partial charge in [0.1, 0.15) is 5.75 Å². The normalized spacial score (nSPS) is 11.9. The summed E-state index contributed by atoms with van der Waals surface area (Å²) in [6.45, 7) is 0.652.